The average molecular weight is 500 g/mol. The van der Waals surface area contributed by atoms with Gasteiger partial charge in [-0.25, -0.2) is 13.2 Å². The molecule has 2 aromatic carbocycles. The smallest absolute Gasteiger partial charge is 0.410 e. The van der Waals surface area contributed by atoms with E-state index >= 15 is 0 Å². The highest BCUT2D eigenvalue weighted by Crippen LogP contribution is 2.19. The van der Waals surface area contributed by atoms with Gasteiger partial charge in [-0.2, -0.15) is 4.31 Å². The van der Waals surface area contributed by atoms with Gasteiger partial charge in [0.25, 0.3) is 0 Å². The first-order valence-electron chi connectivity index (χ1n) is 8.68. The van der Waals surface area contributed by atoms with Gasteiger partial charge in [-0.1, -0.05) is 30.3 Å². The molecule has 8 heteroatoms. The Labute approximate surface area is 173 Å². The number of benzene rings is 2. The Balaban J connectivity index is 1.59. The van der Waals surface area contributed by atoms with Gasteiger partial charge in [0.15, 0.2) is 0 Å². The van der Waals surface area contributed by atoms with Crippen LogP contribution in [0.15, 0.2) is 59.5 Å². The van der Waals surface area contributed by atoms with Gasteiger partial charge in [0.05, 0.1) is 4.90 Å². The van der Waals surface area contributed by atoms with Gasteiger partial charge in [-0.05, 0) is 58.8 Å². The van der Waals surface area contributed by atoms with Crippen molar-refractivity contribution < 1.29 is 17.9 Å². The topological polar surface area (TPSA) is 66.9 Å². The van der Waals surface area contributed by atoms with E-state index in [9.17, 15) is 13.2 Å². The van der Waals surface area contributed by atoms with Crippen molar-refractivity contribution in [1.29, 1.82) is 0 Å². The second-order valence-corrected chi connectivity index (χ2v) is 9.42. The van der Waals surface area contributed by atoms with Crippen molar-refractivity contribution in [1.82, 2.24) is 9.21 Å². The van der Waals surface area contributed by atoms with E-state index in [2.05, 4.69) is 22.6 Å². The highest BCUT2D eigenvalue weighted by atomic mass is 127. The minimum absolute atomic E-state index is 0.209. The zero-order chi connectivity index (χ0) is 19.3. The zero-order valence-corrected chi connectivity index (χ0v) is 17.7. The van der Waals surface area contributed by atoms with E-state index in [1.165, 1.54) is 4.31 Å². The maximum absolute atomic E-state index is 12.8. The summed E-state index contributed by atoms with van der Waals surface area (Å²) in [6.45, 7) is 1.65. The lowest BCUT2D eigenvalue weighted by molar-refractivity contribution is 0.0980. The molecule has 0 bridgehead atoms. The van der Waals surface area contributed by atoms with Crippen LogP contribution >= 0.6 is 22.6 Å². The zero-order valence-electron chi connectivity index (χ0n) is 14.8. The second kappa shape index (κ2) is 9.03. The fourth-order valence-electron chi connectivity index (χ4n) is 2.88. The second-order valence-electron chi connectivity index (χ2n) is 6.24. The standard InChI is InChI=1S/C19H21IN2O4S/c20-17-7-9-18(10-8-17)27(24,25)22-12-4-11-21(13-14-22)19(23)26-15-16-5-2-1-3-6-16/h1-3,5-10H,4,11-15H2. The third-order valence-electron chi connectivity index (χ3n) is 4.37. The molecule has 1 fully saturated rings. The molecule has 1 aliphatic rings. The number of rotatable bonds is 4. The van der Waals surface area contributed by atoms with Crippen LogP contribution < -0.4 is 0 Å². The monoisotopic (exact) mass is 500 g/mol. The van der Waals surface area contributed by atoms with Gasteiger partial charge < -0.3 is 9.64 Å². The number of halogens is 1. The summed E-state index contributed by atoms with van der Waals surface area (Å²) in [7, 11) is -3.56. The van der Waals surface area contributed by atoms with Gasteiger partial charge in [0.1, 0.15) is 6.61 Å². The molecule has 0 N–H and O–H groups in total. The van der Waals surface area contributed by atoms with Gasteiger partial charge in [0.2, 0.25) is 10.0 Å². The molecule has 2 aromatic rings. The van der Waals surface area contributed by atoms with Crippen molar-refractivity contribution in [2.24, 2.45) is 0 Å². The molecule has 0 aliphatic carbocycles. The van der Waals surface area contributed by atoms with Crippen molar-refractivity contribution in [3.8, 4) is 0 Å². The first kappa shape index (κ1) is 20.1. The Bertz CT molecular complexity index is 872. The van der Waals surface area contributed by atoms with Crippen molar-refractivity contribution >= 4 is 38.7 Å². The van der Waals surface area contributed by atoms with E-state index < -0.39 is 16.1 Å². The summed E-state index contributed by atoms with van der Waals surface area (Å²) in [5.74, 6) is 0. The van der Waals surface area contributed by atoms with Gasteiger partial charge >= 0.3 is 6.09 Å². The van der Waals surface area contributed by atoms with Crippen LogP contribution in [-0.4, -0.2) is 49.9 Å². The Morgan fingerprint density at radius 2 is 1.67 bits per heavy atom. The molecule has 1 aliphatic heterocycles. The number of ether oxygens (including phenoxy) is 1. The van der Waals surface area contributed by atoms with E-state index in [0.29, 0.717) is 26.1 Å². The van der Waals surface area contributed by atoms with Crippen LogP contribution in [0.5, 0.6) is 0 Å². The van der Waals surface area contributed by atoms with E-state index in [1.807, 2.05) is 30.3 Å². The van der Waals surface area contributed by atoms with Crippen molar-refractivity contribution in [2.45, 2.75) is 17.9 Å². The summed E-state index contributed by atoms with van der Waals surface area (Å²) in [5, 5.41) is 0. The summed E-state index contributed by atoms with van der Waals surface area (Å²) >= 11 is 2.14. The molecule has 0 spiro atoms. The van der Waals surface area contributed by atoms with Crippen LogP contribution in [-0.2, 0) is 21.4 Å². The van der Waals surface area contributed by atoms with Crippen LogP contribution in [0.1, 0.15) is 12.0 Å². The normalized spacial score (nSPS) is 16.0. The third kappa shape index (κ3) is 5.20. The lowest BCUT2D eigenvalue weighted by atomic mass is 10.2. The van der Waals surface area contributed by atoms with Crippen LogP contribution in [0, 0.1) is 3.57 Å². The number of nitrogens with zero attached hydrogens (tertiary/aromatic N) is 2. The predicted octanol–water partition coefficient (Wildman–Crippen LogP) is 3.32. The molecule has 1 heterocycles. The quantitative estimate of drug-likeness (QED) is 0.605. The minimum Gasteiger partial charge on any atom is -0.445 e. The van der Waals surface area contributed by atoms with Gasteiger partial charge in [-0.15, -0.1) is 0 Å². The number of hydrogen-bond donors (Lipinski definition) is 0. The molecule has 6 nitrogen and oxygen atoms in total. The Morgan fingerprint density at radius 1 is 0.963 bits per heavy atom. The lowest BCUT2D eigenvalue weighted by Gasteiger charge is -2.21. The molecule has 0 unspecified atom stereocenters. The highest BCUT2D eigenvalue weighted by Gasteiger charge is 2.28. The average Bonchev–Trinajstić information content (AvgIpc) is 2.94. The van der Waals surface area contributed by atoms with E-state index in [1.54, 1.807) is 29.2 Å². The Hall–Kier alpha value is -1.65. The number of amides is 1. The van der Waals surface area contributed by atoms with E-state index in [0.717, 1.165) is 9.13 Å². The van der Waals surface area contributed by atoms with E-state index in [4.69, 9.17) is 4.74 Å². The first-order chi connectivity index (χ1) is 13.0. The molecular formula is C19H21IN2O4S. The predicted molar refractivity (Wildman–Crippen MR) is 111 cm³/mol. The largest absolute Gasteiger partial charge is 0.445 e. The fraction of sp³-hybridized carbons (Fsp3) is 0.316. The molecule has 0 aromatic heterocycles. The highest BCUT2D eigenvalue weighted by molar-refractivity contribution is 14.1. The van der Waals surface area contributed by atoms with Crippen LogP contribution in [0.3, 0.4) is 0 Å². The van der Waals surface area contributed by atoms with Crippen LogP contribution in [0.2, 0.25) is 0 Å². The summed E-state index contributed by atoms with van der Waals surface area (Å²) in [6.07, 6.45) is 0.164. The molecule has 0 radical (unpaired) electrons. The maximum atomic E-state index is 12.8. The molecular weight excluding hydrogens is 479 g/mol. The van der Waals surface area contributed by atoms with Crippen LogP contribution in [0.4, 0.5) is 4.79 Å². The molecule has 1 amide bonds. The molecule has 0 saturated carbocycles. The molecule has 144 valence electrons. The van der Waals surface area contributed by atoms with Gasteiger partial charge in [0, 0.05) is 29.7 Å². The molecule has 1 saturated heterocycles. The summed E-state index contributed by atoms with van der Waals surface area (Å²) in [6, 6.07) is 16.3. The SMILES string of the molecule is O=C(OCc1ccccc1)N1CCCN(S(=O)(=O)c2ccc(I)cc2)CC1. The van der Waals surface area contributed by atoms with E-state index in [-0.39, 0.29) is 18.0 Å². The number of carbonyl (C=O) groups excluding carboxylic acids is 1. The third-order valence-corrected chi connectivity index (χ3v) is 7.00. The first-order valence-corrected chi connectivity index (χ1v) is 11.2. The Kier molecular flexibility index (Phi) is 6.72. The summed E-state index contributed by atoms with van der Waals surface area (Å²) < 4.78 is 33.4. The van der Waals surface area contributed by atoms with Crippen molar-refractivity contribution in [3.63, 3.8) is 0 Å². The van der Waals surface area contributed by atoms with Crippen LogP contribution in [0.25, 0.3) is 0 Å². The minimum atomic E-state index is -3.56. The molecule has 0 atom stereocenters. The van der Waals surface area contributed by atoms with Crippen molar-refractivity contribution in [2.75, 3.05) is 26.2 Å². The maximum Gasteiger partial charge on any atom is 0.410 e. The number of sulfonamides is 1. The molecule has 3 rings (SSSR count). The van der Waals surface area contributed by atoms with Crippen molar-refractivity contribution in [3.05, 3.63) is 63.7 Å². The number of hydrogen-bond acceptors (Lipinski definition) is 4. The Morgan fingerprint density at radius 3 is 2.37 bits per heavy atom. The summed E-state index contributed by atoms with van der Waals surface area (Å²) in [5.41, 5.74) is 0.920. The molecule has 27 heavy (non-hydrogen) atoms. The summed E-state index contributed by atoms with van der Waals surface area (Å²) in [4.78, 5) is 14.2. The fourth-order valence-corrected chi connectivity index (χ4v) is 4.71. The lowest BCUT2D eigenvalue weighted by Crippen LogP contribution is -2.37. The van der Waals surface area contributed by atoms with Gasteiger partial charge in [-0.3, -0.25) is 0 Å². The number of carbonyl (C=O) groups is 1.